The van der Waals surface area contributed by atoms with E-state index in [-0.39, 0.29) is 24.2 Å². The van der Waals surface area contributed by atoms with Crippen LogP contribution in [0.1, 0.15) is 33.1 Å². The van der Waals surface area contributed by atoms with Crippen molar-refractivity contribution in [3.63, 3.8) is 0 Å². The number of hydrogen-bond donors (Lipinski definition) is 2. The number of ether oxygens (including phenoxy) is 1. The van der Waals surface area contributed by atoms with Crippen LogP contribution >= 0.6 is 0 Å². The molecule has 19 heavy (non-hydrogen) atoms. The van der Waals surface area contributed by atoms with Gasteiger partial charge in [-0.25, -0.2) is 8.42 Å². The molecule has 114 valence electrons. The second kappa shape index (κ2) is 9.28. The standard InChI is InChI=1S/C12H26N2O4S/c1-10(2)18-8-5-4-7-14-12(15)11(13)6-9-19(3,16)17/h10-11H,4-9,13H2,1-3H3,(H,14,15). The fraction of sp³-hybridized carbons (Fsp3) is 0.917. The number of carbonyl (C=O) groups excluding carboxylic acids is 1. The summed E-state index contributed by atoms with van der Waals surface area (Å²) in [5.41, 5.74) is 5.60. The monoisotopic (exact) mass is 294 g/mol. The van der Waals surface area contributed by atoms with E-state index in [0.29, 0.717) is 13.2 Å². The van der Waals surface area contributed by atoms with Crippen LogP contribution in [0.2, 0.25) is 0 Å². The fourth-order valence-corrected chi connectivity index (χ4v) is 2.04. The van der Waals surface area contributed by atoms with Gasteiger partial charge in [0.15, 0.2) is 0 Å². The number of sulfone groups is 1. The minimum Gasteiger partial charge on any atom is -0.379 e. The number of hydrogen-bond acceptors (Lipinski definition) is 5. The van der Waals surface area contributed by atoms with Crippen LogP contribution in [0.15, 0.2) is 0 Å². The Morgan fingerprint density at radius 2 is 1.95 bits per heavy atom. The molecular formula is C12H26N2O4S. The van der Waals surface area contributed by atoms with E-state index in [1.165, 1.54) is 0 Å². The first kappa shape index (κ1) is 18.3. The Morgan fingerprint density at radius 1 is 1.32 bits per heavy atom. The first-order valence-electron chi connectivity index (χ1n) is 6.55. The summed E-state index contributed by atoms with van der Waals surface area (Å²) in [7, 11) is -3.07. The molecule has 0 fully saturated rings. The molecule has 0 aromatic rings. The van der Waals surface area contributed by atoms with Crippen molar-refractivity contribution in [1.82, 2.24) is 5.32 Å². The molecule has 0 spiro atoms. The van der Waals surface area contributed by atoms with Crippen molar-refractivity contribution in [1.29, 1.82) is 0 Å². The lowest BCUT2D eigenvalue weighted by Gasteiger charge is -2.12. The Morgan fingerprint density at radius 3 is 2.47 bits per heavy atom. The number of carbonyl (C=O) groups is 1. The van der Waals surface area contributed by atoms with Crippen molar-refractivity contribution in [2.24, 2.45) is 5.73 Å². The first-order valence-corrected chi connectivity index (χ1v) is 8.61. The second-order valence-electron chi connectivity index (χ2n) is 4.94. The highest BCUT2D eigenvalue weighted by molar-refractivity contribution is 7.90. The van der Waals surface area contributed by atoms with Gasteiger partial charge in [0.05, 0.1) is 17.9 Å². The van der Waals surface area contributed by atoms with E-state index < -0.39 is 15.9 Å². The number of rotatable bonds is 10. The highest BCUT2D eigenvalue weighted by Crippen LogP contribution is 1.96. The third-order valence-corrected chi connectivity index (χ3v) is 3.44. The zero-order chi connectivity index (χ0) is 14.9. The van der Waals surface area contributed by atoms with E-state index in [4.69, 9.17) is 10.5 Å². The molecule has 0 aliphatic carbocycles. The normalized spacial score (nSPS) is 13.5. The van der Waals surface area contributed by atoms with Gasteiger partial charge in [-0.3, -0.25) is 4.79 Å². The van der Waals surface area contributed by atoms with Crippen LogP contribution in [-0.4, -0.2) is 51.6 Å². The smallest absolute Gasteiger partial charge is 0.236 e. The summed E-state index contributed by atoms with van der Waals surface area (Å²) in [4.78, 5) is 11.5. The molecule has 0 heterocycles. The van der Waals surface area contributed by atoms with Gasteiger partial charge in [-0.1, -0.05) is 0 Å². The molecular weight excluding hydrogens is 268 g/mol. The molecule has 3 N–H and O–H groups in total. The fourth-order valence-electron chi connectivity index (χ4n) is 1.36. The zero-order valence-electron chi connectivity index (χ0n) is 12.0. The Labute approximate surface area is 116 Å². The van der Waals surface area contributed by atoms with Crippen LogP contribution < -0.4 is 11.1 Å². The van der Waals surface area contributed by atoms with Crippen LogP contribution in [0.5, 0.6) is 0 Å². The Kier molecular flexibility index (Phi) is 8.95. The van der Waals surface area contributed by atoms with Crippen molar-refractivity contribution in [3.8, 4) is 0 Å². The summed E-state index contributed by atoms with van der Waals surface area (Å²) < 4.78 is 27.3. The average molecular weight is 294 g/mol. The van der Waals surface area contributed by atoms with E-state index in [9.17, 15) is 13.2 Å². The van der Waals surface area contributed by atoms with Crippen LogP contribution in [0, 0.1) is 0 Å². The number of amides is 1. The predicted octanol–water partition coefficient (Wildman–Crippen LogP) is 0.0698. The van der Waals surface area contributed by atoms with Crippen LogP contribution in [-0.2, 0) is 19.4 Å². The summed E-state index contributed by atoms with van der Waals surface area (Å²) in [6.07, 6.45) is 3.20. The highest BCUT2D eigenvalue weighted by Gasteiger charge is 2.15. The molecule has 0 radical (unpaired) electrons. The van der Waals surface area contributed by atoms with Crippen LogP contribution in [0.4, 0.5) is 0 Å². The highest BCUT2D eigenvalue weighted by atomic mass is 32.2. The Balaban J connectivity index is 3.63. The molecule has 0 aliphatic heterocycles. The largest absolute Gasteiger partial charge is 0.379 e. The van der Waals surface area contributed by atoms with Crippen molar-refractivity contribution in [3.05, 3.63) is 0 Å². The summed E-state index contributed by atoms with van der Waals surface area (Å²) in [5.74, 6) is -0.363. The first-order chi connectivity index (χ1) is 8.72. The maximum absolute atomic E-state index is 11.5. The molecule has 0 aliphatic rings. The predicted molar refractivity (Wildman–Crippen MR) is 75.6 cm³/mol. The quantitative estimate of drug-likeness (QED) is 0.556. The van der Waals surface area contributed by atoms with Gasteiger partial charge in [0.2, 0.25) is 5.91 Å². The van der Waals surface area contributed by atoms with E-state index in [0.717, 1.165) is 19.1 Å². The molecule has 1 atom stereocenters. The molecule has 1 amide bonds. The zero-order valence-corrected chi connectivity index (χ0v) is 12.8. The molecule has 0 rings (SSSR count). The van der Waals surface area contributed by atoms with Gasteiger partial charge in [0.1, 0.15) is 9.84 Å². The number of unbranched alkanes of at least 4 members (excludes halogenated alkanes) is 1. The molecule has 7 heteroatoms. The maximum atomic E-state index is 11.5. The van der Waals surface area contributed by atoms with E-state index in [1.54, 1.807) is 0 Å². The molecule has 0 aromatic heterocycles. The summed E-state index contributed by atoms with van der Waals surface area (Å²) in [5, 5.41) is 2.69. The topological polar surface area (TPSA) is 98.5 Å². The van der Waals surface area contributed by atoms with Gasteiger partial charge in [0, 0.05) is 19.4 Å². The molecule has 0 saturated carbocycles. The SMILES string of the molecule is CC(C)OCCCCNC(=O)C(N)CCS(C)(=O)=O. The van der Waals surface area contributed by atoms with Gasteiger partial charge in [-0.05, 0) is 33.1 Å². The Hall–Kier alpha value is -0.660. The van der Waals surface area contributed by atoms with E-state index in [1.807, 2.05) is 13.8 Å². The lowest BCUT2D eigenvalue weighted by atomic mass is 10.2. The maximum Gasteiger partial charge on any atom is 0.236 e. The molecule has 0 bridgehead atoms. The number of nitrogens with two attached hydrogens (primary N) is 1. The minimum atomic E-state index is -3.07. The molecule has 0 saturated heterocycles. The van der Waals surface area contributed by atoms with E-state index >= 15 is 0 Å². The molecule has 0 aromatic carbocycles. The van der Waals surface area contributed by atoms with Crippen molar-refractivity contribution >= 4 is 15.7 Å². The van der Waals surface area contributed by atoms with E-state index in [2.05, 4.69) is 5.32 Å². The average Bonchev–Trinajstić information content (AvgIpc) is 2.28. The number of nitrogens with one attached hydrogen (secondary N) is 1. The minimum absolute atomic E-state index is 0.0657. The summed E-state index contributed by atoms with van der Waals surface area (Å²) in [6, 6.07) is -0.762. The van der Waals surface area contributed by atoms with Crippen molar-refractivity contribution in [2.45, 2.75) is 45.3 Å². The third-order valence-electron chi connectivity index (χ3n) is 2.46. The van der Waals surface area contributed by atoms with Crippen molar-refractivity contribution in [2.75, 3.05) is 25.2 Å². The third kappa shape index (κ3) is 12.1. The van der Waals surface area contributed by atoms with Crippen LogP contribution in [0.3, 0.4) is 0 Å². The molecule has 1 unspecified atom stereocenters. The van der Waals surface area contributed by atoms with Crippen molar-refractivity contribution < 1.29 is 17.9 Å². The van der Waals surface area contributed by atoms with Gasteiger partial charge < -0.3 is 15.8 Å². The lowest BCUT2D eigenvalue weighted by Crippen LogP contribution is -2.42. The van der Waals surface area contributed by atoms with Gasteiger partial charge in [0.25, 0.3) is 0 Å². The second-order valence-corrected chi connectivity index (χ2v) is 7.20. The van der Waals surface area contributed by atoms with Gasteiger partial charge in [-0.2, -0.15) is 0 Å². The van der Waals surface area contributed by atoms with Crippen LogP contribution in [0.25, 0.3) is 0 Å². The summed E-state index contributed by atoms with van der Waals surface area (Å²) >= 11 is 0. The lowest BCUT2D eigenvalue weighted by molar-refractivity contribution is -0.122. The van der Waals surface area contributed by atoms with Gasteiger partial charge in [-0.15, -0.1) is 0 Å². The summed E-state index contributed by atoms with van der Waals surface area (Å²) in [6.45, 7) is 5.16. The Bertz CT molecular complexity index is 355. The molecule has 6 nitrogen and oxygen atoms in total. The van der Waals surface area contributed by atoms with Gasteiger partial charge >= 0.3 is 0 Å².